The van der Waals surface area contributed by atoms with Crippen molar-refractivity contribution < 1.29 is 19.1 Å². The standard InChI is InChI=1S/C23H23N5O4S/c1-32-17-6-4-15(5-7-17)21(29)27-20-19(24-10-11-25-20)22(30)26-16-8-12-28(13-9-16)23(31)18-3-2-14-33-18/h2-7,10-11,14,16H,8-9,12-13H2,1H3,(H,26,30)(H,25,27,29). The molecule has 0 atom stereocenters. The Labute approximate surface area is 194 Å². The van der Waals surface area contributed by atoms with Crippen LogP contribution in [0.15, 0.2) is 54.2 Å². The van der Waals surface area contributed by atoms with Gasteiger partial charge in [0.15, 0.2) is 11.5 Å². The molecule has 10 heteroatoms. The minimum absolute atomic E-state index is 0.0206. The van der Waals surface area contributed by atoms with Gasteiger partial charge in [-0.05, 0) is 48.6 Å². The number of carbonyl (C=O) groups is 3. The first kappa shape index (κ1) is 22.4. The van der Waals surface area contributed by atoms with Gasteiger partial charge in [0, 0.05) is 37.1 Å². The maximum atomic E-state index is 12.9. The van der Waals surface area contributed by atoms with E-state index in [0.29, 0.717) is 42.1 Å². The number of likely N-dealkylation sites (tertiary alicyclic amines) is 1. The summed E-state index contributed by atoms with van der Waals surface area (Å²) in [7, 11) is 1.55. The fourth-order valence-corrected chi connectivity index (χ4v) is 4.25. The van der Waals surface area contributed by atoms with E-state index in [4.69, 9.17) is 4.74 Å². The quantitative estimate of drug-likeness (QED) is 0.579. The van der Waals surface area contributed by atoms with Gasteiger partial charge in [0.2, 0.25) is 0 Å². The number of methoxy groups -OCH3 is 1. The van der Waals surface area contributed by atoms with Crippen LogP contribution in [0.3, 0.4) is 0 Å². The molecule has 33 heavy (non-hydrogen) atoms. The second-order valence-corrected chi connectivity index (χ2v) is 8.40. The van der Waals surface area contributed by atoms with Crippen LogP contribution in [0, 0.1) is 0 Å². The molecular formula is C23H23N5O4S. The number of aromatic nitrogens is 2. The fraction of sp³-hybridized carbons (Fsp3) is 0.261. The molecule has 0 aliphatic carbocycles. The van der Waals surface area contributed by atoms with Crippen LogP contribution in [0.4, 0.5) is 5.82 Å². The third kappa shape index (κ3) is 5.35. The molecule has 1 aliphatic rings. The van der Waals surface area contributed by atoms with E-state index < -0.39 is 11.8 Å². The van der Waals surface area contributed by atoms with Gasteiger partial charge >= 0.3 is 0 Å². The van der Waals surface area contributed by atoms with Crippen LogP contribution in [-0.2, 0) is 0 Å². The van der Waals surface area contributed by atoms with E-state index in [9.17, 15) is 14.4 Å². The summed E-state index contributed by atoms with van der Waals surface area (Å²) in [4.78, 5) is 48.7. The fourth-order valence-electron chi connectivity index (χ4n) is 3.55. The Morgan fingerprint density at radius 2 is 1.76 bits per heavy atom. The largest absolute Gasteiger partial charge is 0.497 e. The molecule has 3 aromatic rings. The highest BCUT2D eigenvalue weighted by molar-refractivity contribution is 7.12. The van der Waals surface area contributed by atoms with Crippen LogP contribution in [-0.4, -0.2) is 58.8 Å². The Morgan fingerprint density at radius 3 is 2.42 bits per heavy atom. The molecule has 4 rings (SSSR count). The topological polar surface area (TPSA) is 114 Å². The molecule has 0 saturated carbocycles. The minimum Gasteiger partial charge on any atom is -0.497 e. The molecule has 9 nitrogen and oxygen atoms in total. The van der Waals surface area contributed by atoms with Crippen LogP contribution in [0.5, 0.6) is 5.75 Å². The van der Waals surface area contributed by atoms with Crippen molar-refractivity contribution in [3.63, 3.8) is 0 Å². The highest BCUT2D eigenvalue weighted by Crippen LogP contribution is 2.18. The molecule has 1 fully saturated rings. The van der Waals surface area contributed by atoms with Crippen LogP contribution < -0.4 is 15.4 Å². The molecule has 3 amide bonds. The summed E-state index contributed by atoms with van der Waals surface area (Å²) >= 11 is 1.42. The number of nitrogens with zero attached hydrogens (tertiary/aromatic N) is 3. The van der Waals surface area contributed by atoms with Gasteiger partial charge in [-0.15, -0.1) is 11.3 Å². The zero-order chi connectivity index (χ0) is 23.2. The third-order valence-electron chi connectivity index (χ3n) is 5.35. The summed E-state index contributed by atoms with van der Waals surface area (Å²) in [6, 6.07) is 10.2. The Hall–Kier alpha value is -3.79. The van der Waals surface area contributed by atoms with Crippen molar-refractivity contribution in [3.05, 3.63) is 70.3 Å². The Kier molecular flexibility index (Phi) is 6.94. The van der Waals surface area contributed by atoms with Crippen LogP contribution in [0.2, 0.25) is 0 Å². The molecule has 170 valence electrons. The Balaban J connectivity index is 1.36. The maximum Gasteiger partial charge on any atom is 0.273 e. The van der Waals surface area contributed by atoms with Gasteiger partial charge in [-0.1, -0.05) is 6.07 Å². The van der Waals surface area contributed by atoms with Crippen molar-refractivity contribution in [1.29, 1.82) is 0 Å². The summed E-state index contributed by atoms with van der Waals surface area (Å²) in [6.07, 6.45) is 4.09. The Bertz CT molecular complexity index is 1130. The van der Waals surface area contributed by atoms with Gasteiger partial charge in [0.1, 0.15) is 5.75 Å². The second kappa shape index (κ2) is 10.2. The lowest BCUT2D eigenvalue weighted by Crippen LogP contribution is -2.46. The van der Waals surface area contributed by atoms with Crippen LogP contribution in [0.25, 0.3) is 0 Å². The maximum absolute atomic E-state index is 12.9. The van der Waals surface area contributed by atoms with Gasteiger partial charge in [-0.3, -0.25) is 14.4 Å². The number of ether oxygens (including phenoxy) is 1. The summed E-state index contributed by atoms with van der Waals surface area (Å²) in [5, 5.41) is 7.49. The number of carbonyl (C=O) groups excluding carboxylic acids is 3. The number of nitrogens with one attached hydrogen (secondary N) is 2. The third-order valence-corrected chi connectivity index (χ3v) is 6.20. The van der Waals surface area contributed by atoms with Crippen molar-refractivity contribution >= 4 is 34.9 Å². The smallest absolute Gasteiger partial charge is 0.273 e. The van der Waals surface area contributed by atoms with Crippen molar-refractivity contribution in [3.8, 4) is 5.75 Å². The lowest BCUT2D eigenvalue weighted by Gasteiger charge is -2.32. The van der Waals surface area contributed by atoms with Crippen molar-refractivity contribution in [2.75, 3.05) is 25.5 Å². The molecule has 1 aromatic carbocycles. The number of rotatable bonds is 6. The number of thiophene rings is 1. The first-order valence-electron chi connectivity index (χ1n) is 10.4. The zero-order valence-corrected chi connectivity index (χ0v) is 18.8. The number of hydrogen-bond donors (Lipinski definition) is 2. The van der Waals surface area contributed by atoms with E-state index in [-0.39, 0.29) is 23.5 Å². The Morgan fingerprint density at radius 1 is 1.03 bits per heavy atom. The van der Waals surface area contributed by atoms with Gasteiger partial charge < -0.3 is 20.3 Å². The summed E-state index contributed by atoms with van der Waals surface area (Å²) in [5.74, 6) is -0.0913. The molecule has 0 bridgehead atoms. The average Bonchev–Trinajstić information content (AvgIpc) is 3.39. The molecule has 3 heterocycles. The van der Waals surface area contributed by atoms with Gasteiger partial charge in [0.05, 0.1) is 12.0 Å². The van der Waals surface area contributed by atoms with E-state index in [1.165, 1.54) is 23.7 Å². The summed E-state index contributed by atoms with van der Waals surface area (Å²) in [5.41, 5.74) is 0.437. The number of benzene rings is 1. The van der Waals surface area contributed by atoms with Gasteiger partial charge in [-0.25, -0.2) is 9.97 Å². The summed E-state index contributed by atoms with van der Waals surface area (Å²) in [6.45, 7) is 1.12. The monoisotopic (exact) mass is 465 g/mol. The number of piperidine rings is 1. The molecule has 0 spiro atoms. The highest BCUT2D eigenvalue weighted by Gasteiger charge is 2.26. The lowest BCUT2D eigenvalue weighted by molar-refractivity contribution is 0.0702. The number of amides is 3. The molecule has 2 aromatic heterocycles. The van der Waals surface area contributed by atoms with Crippen LogP contribution in [0.1, 0.15) is 43.4 Å². The first-order valence-corrected chi connectivity index (χ1v) is 11.3. The van der Waals surface area contributed by atoms with E-state index in [2.05, 4.69) is 20.6 Å². The molecule has 1 saturated heterocycles. The molecule has 2 N–H and O–H groups in total. The number of hydrogen-bond acceptors (Lipinski definition) is 7. The molecule has 0 unspecified atom stereocenters. The number of anilines is 1. The van der Waals surface area contributed by atoms with Gasteiger partial charge in [0.25, 0.3) is 17.7 Å². The zero-order valence-electron chi connectivity index (χ0n) is 18.0. The summed E-state index contributed by atoms with van der Waals surface area (Å²) < 4.78 is 5.10. The van der Waals surface area contributed by atoms with E-state index in [1.54, 1.807) is 36.3 Å². The van der Waals surface area contributed by atoms with Crippen molar-refractivity contribution in [2.24, 2.45) is 0 Å². The van der Waals surface area contributed by atoms with Crippen LogP contribution >= 0.6 is 11.3 Å². The lowest BCUT2D eigenvalue weighted by atomic mass is 10.0. The van der Waals surface area contributed by atoms with E-state index >= 15 is 0 Å². The van der Waals surface area contributed by atoms with E-state index in [0.717, 1.165) is 0 Å². The minimum atomic E-state index is -0.420. The predicted molar refractivity (Wildman–Crippen MR) is 124 cm³/mol. The van der Waals surface area contributed by atoms with Gasteiger partial charge in [-0.2, -0.15) is 0 Å². The van der Waals surface area contributed by atoms with Crippen molar-refractivity contribution in [1.82, 2.24) is 20.2 Å². The van der Waals surface area contributed by atoms with Crippen molar-refractivity contribution in [2.45, 2.75) is 18.9 Å². The van der Waals surface area contributed by atoms with E-state index in [1.807, 2.05) is 17.5 Å². The highest BCUT2D eigenvalue weighted by atomic mass is 32.1. The SMILES string of the molecule is COc1ccc(C(=O)Nc2nccnc2C(=O)NC2CCN(C(=O)c3cccs3)CC2)cc1. The first-order chi connectivity index (χ1) is 16.0. The average molecular weight is 466 g/mol. The predicted octanol–water partition coefficient (Wildman–Crippen LogP) is 2.83. The molecule has 1 aliphatic heterocycles. The molecule has 0 radical (unpaired) electrons. The molecular weight excluding hydrogens is 442 g/mol. The second-order valence-electron chi connectivity index (χ2n) is 7.45. The normalized spacial score (nSPS) is 13.9.